The van der Waals surface area contributed by atoms with Crippen LogP contribution in [0, 0.1) is 0 Å². The van der Waals surface area contributed by atoms with E-state index in [4.69, 9.17) is 0 Å². The Kier molecular flexibility index (Phi) is 4.29. The van der Waals surface area contributed by atoms with E-state index >= 15 is 0 Å². The Morgan fingerprint density at radius 2 is 1.84 bits per heavy atom. The summed E-state index contributed by atoms with van der Waals surface area (Å²) in [7, 11) is 0. The van der Waals surface area contributed by atoms with Crippen molar-refractivity contribution in [2.75, 3.05) is 0 Å². The van der Waals surface area contributed by atoms with Gasteiger partial charge in [-0.15, -0.1) is 0 Å². The minimum absolute atomic E-state index is 1.07. The third kappa shape index (κ3) is 3.06. The maximum atomic E-state index is 2.36. The molecule has 1 aromatic rings. The van der Waals surface area contributed by atoms with Gasteiger partial charge in [0.25, 0.3) is 0 Å². The Morgan fingerprint density at radius 1 is 1.16 bits per heavy atom. The van der Waals surface area contributed by atoms with Gasteiger partial charge >= 0.3 is 0 Å². The molecule has 0 spiro atoms. The monoisotopic (exact) mass is 259 g/mol. The fourth-order valence-corrected chi connectivity index (χ4v) is 4.55. The van der Waals surface area contributed by atoms with Crippen LogP contribution in [0.25, 0.3) is 0 Å². The van der Waals surface area contributed by atoms with Crippen molar-refractivity contribution in [3.8, 4) is 0 Å². The summed E-state index contributed by atoms with van der Waals surface area (Å²) in [6, 6.07) is 0. The van der Waals surface area contributed by atoms with Gasteiger partial charge in [0.1, 0.15) is 19.1 Å². The van der Waals surface area contributed by atoms with Crippen LogP contribution in [0.4, 0.5) is 0 Å². The molecule has 19 heavy (non-hydrogen) atoms. The molecule has 2 bridgehead atoms. The molecule has 104 valence electrons. The van der Waals surface area contributed by atoms with Crippen molar-refractivity contribution >= 4 is 6.71 Å². The topological polar surface area (TPSA) is 8.81 Å². The van der Waals surface area contributed by atoms with Crippen LogP contribution in [0.2, 0.25) is 18.0 Å². The molecule has 3 heteroatoms. The zero-order valence-electron chi connectivity index (χ0n) is 12.4. The fourth-order valence-electron chi connectivity index (χ4n) is 4.55. The Hall–Kier alpha value is -0.725. The molecule has 1 aromatic heterocycles. The molecule has 0 unspecified atom stereocenters. The van der Waals surface area contributed by atoms with E-state index < -0.39 is 0 Å². The van der Waals surface area contributed by atoms with Crippen LogP contribution in [-0.2, 0) is 13.1 Å². The predicted octanol–water partition coefficient (Wildman–Crippen LogP) is 3.79. The summed E-state index contributed by atoms with van der Waals surface area (Å²) in [5.41, 5.74) is 0. The zero-order chi connectivity index (χ0) is 13.1. The molecule has 0 radical (unpaired) electrons. The van der Waals surface area contributed by atoms with Crippen molar-refractivity contribution in [1.82, 2.24) is 4.57 Å². The van der Waals surface area contributed by atoms with Crippen molar-refractivity contribution < 1.29 is 4.57 Å². The highest BCUT2D eigenvalue weighted by atomic mass is 15.1. The fraction of sp³-hybridized carbons (Fsp3) is 0.812. The third-order valence-electron chi connectivity index (χ3n) is 5.58. The summed E-state index contributed by atoms with van der Waals surface area (Å²) in [4.78, 5) is 0. The third-order valence-corrected chi connectivity index (χ3v) is 5.58. The minimum Gasteiger partial charge on any atom is -0.237 e. The molecule has 0 N–H and O–H groups in total. The molecule has 0 aliphatic carbocycles. The number of nitrogens with zero attached hydrogens (tertiary/aromatic N) is 2. The van der Waals surface area contributed by atoms with Gasteiger partial charge in [0, 0.05) is 0 Å². The highest BCUT2D eigenvalue weighted by Crippen LogP contribution is 2.47. The van der Waals surface area contributed by atoms with Crippen molar-refractivity contribution in [3.05, 3.63) is 18.7 Å². The smallest absolute Gasteiger partial charge is 0.237 e. The summed E-state index contributed by atoms with van der Waals surface area (Å²) in [5.74, 6) is 2.16. The lowest BCUT2D eigenvalue weighted by atomic mass is 9.26. The van der Waals surface area contributed by atoms with Crippen LogP contribution in [0.1, 0.15) is 51.9 Å². The van der Waals surface area contributed by atoms with Gasteiger partial charge in [-0.2, -0.15) is 0 Å². The maximum absolute atomic E-state index is 2.36. The van der Waals surface area contributed by atoms with E-state index in [1.165, 1.54) is 57.8 Å². The number of fused-ring (bicyclic) bond motifs is 2. The number of aromatic nitrogens is 2. The van der Waals surface area contributed by atoms with Crippen LogP contribution in [0.5, 0.6) is 0 Å². The Labute approximate surface area is 118 Å². The second kappa shape index (κ2) is 6.15. The molecule has 2 saturated heterocycles. The molecule has 2 fully saturated rings. The average Bonchev–Trinajstić information content (AvgIpc) is 2.86. The largest absolute Gasteiger partial charge is 0.243 e. The Morgan fingerprint density at radius 3 is 2.42 bits per heavy atom. The van der Waals surface area contributed by atoms with Gasteiger partial charge < -0.3 is 0 Å². The average molecular weight is 259 g/mol. The molecular weight excluding hydrogens is 231 g/mol. The highest BCUT2D eigenvalue weighted by Gasteiger charge is 2.38. The maximum Gasteiger partial charge on any atom is 0.243 e. The molecule has 3 rings (SSSR count). The summed E-state index contributed by atoms with van der Waals surface area (Å²) in [6.07, 6.45) is 18.7. The Balaban J connectivity index is 1.49. The van der Waals surface area contributed by atoms with Gasteiger partial charge in [0.15, 0.2) is 0 Å². The Bertz CT molecular complexity index is 379. The van der Waals surface area contributed by atoms with Gasteiger partial charge in [-0.25, -0.2) is 9.13 Å². The van der Waals surface area contributed by atoms with E-state index in [1.54, 1.807) is 0 Å². The van der Waals surface area contributed by atoms with Crippen molar-refractivity contribution in [3.63, 3.8) is 0 Å². The lowest BCUT2D eigenvalue weighted by Gasteiger charge is -2.40. The van der Waals surface area contributed by atoms with Crippen molar-refractivity contribution in [2.45, 2.75) is 82.9 Å². The second-order valence-electron chi connectivity index (χ2n) is 6.67. The van der Waals surface area contributed by atoms with E-state index in [-0.39, 0.29) is 0 Å². The standard InChI is InChI=1S/C16H28BN2/c1-2-18-12-13-19(14-18)11-5-10-17-15-6-3-7-16(17)9-4-8-15/h12-16H,2-11H2,1H3/q+1. The summed E-state index contributed by atoms with van der Waals surface area (Å²) in [5, 5.41) is 0. The van der Waals surface area contributed by atoms with Crippen LogP contribution in [0.3, 0.4) is 0 Å². The first-order chi connectivity index (χ1) is 9.36. The molecular formula is C16H28BN2+. The number of imidazole rings is 1. The molecule has 2 nitrogen and oxygen atoms in total. The highest BCUT2D eigenvalue weighted by molar-refractivity contribution is 6.62. The van der Waals surface area contributed by atoms with Gasteiger partial charge in [0.05, 0.1) is 13.1 Å². The van der Waals surface area contributed by atoms with E-state index in [0.29, 0.717) is 0 Å². The van der Waals surface area contributed by atoms with E-state index in [0.717, 1.165) is 24.9 Å². The van der Waals surface area contributed by atoms with Crippen LogP contribution >= 0.6 is 0 Å². The molecule has 2 aliphatic heterocycles. The van der Waals surface area contributed by atoms with Gasteiger partial charge in [-0.3, -0.25) is 0 Å². The van der Waals surface area contributed by atoms with Gasteiger partial charge in [-0.1, -0.05) is 56.5 Å². The molecule has 2 aliphatic rings. The first kappa shape index (κ1) is 13.3. The van der Waals surface area contributed by atoms with E-state index in [9.17, 15) is 0 Å². The second-order valence-corrected chi connectivity index (χ2v) is 6.67. The summed E-state index contributed by atoms with van der Waals surface area (Å²) >= 11 is 0. The van der Waals surface area contributed by atoms with Gasteiger partial charge in [0.2, 0.25) is 6.33 Å². The van der Waals surface area contributed by atoms with Crippen LogP contribution < -0.4 is 4.57 Å². The summed E-state index contributed by atoms with van der Waals surface area (Å²) in [6.45, 7) is 5.56. The van der Waals surface area contributed by atoms with E-state index in [2.05, 4.69) is 34.8 Å². The number of hydrogen-bond donors (Lipinski definition) is 0. The molecule has 0 amide bonds. The summed E-state index contributed by atoms with van der Waals surface area (Å²) < 4.78 is 4.62. The van der Waals surface area contributed by atoms with Crippen LogP contribution in [-0.4, -0.2) is 11.3 Å². The van der Waals surface area contributed by atoms with Crippen molar-refractivity contribution in [2.24, 2.45) is 0 Å². The lowest BCUT2D eigenvalue weighted by molar-refractivity contribution is -0.696. The number of hydrogen-bond acceptors (Lipinski definition) is 0. The SMILES string of the molecule is CCn1cc[n+](CCCB2C3CCCC2CCC3)c1. The number of rotatable bonds is 5. The normalized spacial score (nSPS) is 26.7. The molecule has 3 heterocycles. The molecule has 0 saturated carbocycles. The van der Waals surface area contributed by atoms with Crippen LogP contribution in [0.15, 0.2) is 18.7 Å². The van der Waals surface area contributed by atoms with Gasteiger partial charge in [-0.05, 0) is 13.3 Å². The lowest BCUT2D eigenvalue weighted by Crippen LogP contribution is -2.36. The molecule has 0 aromatic carbocycles. The first-order valence-electron chi connectivity index (χ1n) is 8.41. The predicted molar refractivity (Wildman–Crippen MR) is 80.7 cm³/mol. The van der Waals surface area contributed by atoms with E-state index in [1.807, 2.05) is 0 Å². The quantitative estimate of drug-likeness (QED) is 0.562. The number of aryl methyl sites for hydroxylation is 2. The zero-order valence-corrected chi connectivity index (χ0v) is 12.4. The minimum atomic E-state index is 1.07. The first-order valence-corrected chi connectivity index (χ1v) is 8.41. The van der Waals surface area contributed by atoms with Crippen molar-refractivity contribution in [1.29, 1.82) is 0 Å². The molecule has 0 atom stereocenters.